The van der Waals surface area contributed by atoms with Crippen molar-refractivity contribution >= 4 is 37.5 Å². The molecule has 0 atom stereocenters. The van der Waals surface area contributed by atoms with Gasteiger partial charge >= 0.3 is 0 Å². The summed E-state index contributed by atoms with van der Waals surface area (Å²) in [7, 11) is 0. The van der Waals surface area contributed by atoms with Gasteiger partial charge in [-0.1, -0.05) is 122 Å². The van der Waals surface area contributed by atoms with Crippen LogP contribution in [-0.2, 0) is 6.42 Å². The van der Waals surface area contributed by atoms with Gasteiger partial charge < -0.3 is 0 Å². The van der Waals surface area contributed by atoms with Gasteiger partial charge in [0.2, 0.25) is 0 Å². The number of halogens is 1. The van der Waals surface area contributed by atoms with Gasteiger partial charge in [-0.2, -0.15) is 0 Å². The van der Waals surface area contributed by atoms with Crippen LogP contribution in [-0.4, -0.2) is 5.33 Å². The molecule has 0 aliphatic rings. The van der Waals surface area contributed by atoms with E-state index < -0.39 is 0 Å². The molecule has 1 heteroatoms. The highest BCUT2D eigenvalue weighted by Gasteiger charge is 2.06. The van der Waals surface area contributed by atoms with Crippen LogP contribution in [0, 0.1) is 0 Å². The van der Waals surface area contributed by atoms with Gasteiger partial charge in [0.25, 0.3) is 0 Å². The molecule has 27 heavy (non-hydrogen) atoms. The Hall–Kier alpha value is -1.34. The molecule has 0 aromatic heterocycles. The first-order valence-corrected chi connectivity index (χ1v) is 12.0. The van der Waals surface area contributed by atoms with Crippen molar-refractivity contribution in [3.05, 3.63) is 60.2 Å². The van der Waals surface area contributed by atoms with E-state index in [1.165, 1.54) is 103 Å². The van der Waals surface area contributed by atoms with Crippen LogP contribution in [0.3, 0.4) is 0 Å². The number of aryl methyl sites for hydroxylation is 1. The molecule has 3 aromatic rings. The van der Waals surface area contributed by atoms with Crippen LogP contribution in [0.2, 0.25) is 0 Å². The van der Waals surface area contributed by atoms with Crippen molar-refractivity contribution in [2.75, 3.05) is 5.33 Å². The van der Waals surface area contributed by atoms with E-state index >= 15 is 0 Å². The average molecular weight is 425 g/mol. The van der Waals surface area contributed by atoms with Gasteiger partial charge in [-0.15, -0.1) is 0 Å². The van der Waals surface area contributed by atoms with Crippen molar-refractivity contribution in [1.82, 2.24) is 0 Å². The molecule has 0 saturated heterocycles. The number of unbranched alkanes of at least 4 members (excludes halogenated alkanes) is 9. The summed E-state index contributed by atoms with van der Waals surface area (Å²) in [6.07, 6.45) is 15.1. The predicted octanol–water partition coefficient (Wildman–Crippen LogP) is 8.83. The number of alkyl halides is 1. The average Bonchev–Trinajstić information content (AvgIpc) is 2.72. The first-order valence-electron chi connectivity index (χ1n) is 10.9. The van der Waals surface area contributed by atoms with Crippen molar-refractivity contribution in [2.24, 2.45) is 0 Å². The summed E-state index contributed by atoms with van der Waals surface area (Å²) in [6.45, 7) is 0. The summed E-state index contributed by atoms with van der Waals surface area (Å²) < 4.78 is 0. The van der Waals surface area contributed by atoms with Crippen LogP contribution in [0.25, 0.3) is 21.5 Å². The lowest BCUT2D eigenvalue weighted by Gasteiger charge is -2.10. The zero-order chi connectivity index (χ0) is 18.7. The molecule has 3 aromatic carbocycles. The van der Waals surface area contributed by atoms with Gasteiger partial charge in [0.05, 0.1) is 0 Å². The second kappa shape index (κ2) is 11.5. The summed E-state index contributed by atoms with van der Waals surface area (Å²) in [5.74, 6) is 0. The largest absolute Gasteiger partial charge is 0.0928 e. The summed E-state index contributed by atoms with van der Waals surface area (Å²) in [6, 6.07) is 20.1. The molecule has 144 valence electrons. The van der Waals surface area contributed by atoms with E-state index in [-0.39, 0.29) is 0 Å². The second-order valence-corrected chi connectivity index (χ2v) is 8.57. The van der Waals surface area contributed by atoms with E-state index in [0.29, 0.717) is 0 Å². The van der Waals surface area contributed by atoms with Crippen molar-refractivity contribution in [2.45, 2.75) is 70.6 Å². The first-order chi connectivity index (χ1) is 13.4. The highest BCUT2D eigenvalue weighted by molar-refractivity contribution is 9.09. The molecular weight excluding hydrogens is 392 g/mol. The first kappa shape index (κ1) is 20.4. The normalized spacial score (nSPS) is 11.4. The Morgan fingerprint density at radius 1 is 0.519 bits per heavy atom. The lowest BCUT2D eigenvalue weighted by atomic mass is 9.94. The Kier molecular flexibility index (Phi) is 8.68. The molecule has 0 radical (unpaired) electrons. The zero-order valence-corrected chi connectivity index (χ0v) is 18.1. The van der Waals surface area contributed by atoms with Crippen LogP contribution in [0.15, 0.2) is 54.6 Å². The zero-order valence-electron chi connectivity index (χ0n) is 16.6. The molecule has 0 N–H and O–H groups in total. The van der Waals surface area contributed by atoms with E-state index in [9.17, 15) is 0 Å². The van der Waals surface area contributed by atoms with E-state index in [1.54, 1.807) is 0 Å². The molecule has 3 rings (SSSR count). The molecular formula is C26H33Br. The number of benzene rings is 3. The number of fused-ring (bicyclic) bond motifs is 3. The van der Waals surface area contributed by atoms with Crippen molar-refractivity contribution in [3.63, 3.8) is 0 Å². The smallest absolute Gasteiger partial charge is 0.00313 e. The second-order valence-electron chi connectivity index (χ2n) is 7.78. The maximum absolute atomic E-state index is 3.51. The molecule has 0 aliphatic carbocycles. The molecule has 0 fully saturated rings. The summed E-state index contributed by atoms with van der Waals surface area (Å²) in [5, 5.41) is 6.78. The molecule has 0 bridgehead atoms. The Morgan fingerprint density at radius 2 is 1.04 bits per heavy atom. The van der Waals surface area contributed by atoms with E-state index in [2.05, 4.69) is 70.5 Å². The van der Waals surface area contributed by atoms with Crippen LogP contribution in [0.1, 0.15) is 69.8 Å². The number of hydrogen-bond acceptors (Lipinski definition) is 0. The SMILES string of the molecule is BrCCCCCCCCCCCCc1cc2ccccc2c2ccccc12. The monoisotopic (exact) mass is 424 g/mol. The molecule has 0 heterocycles. The highest BCUT2D eigenvalue weighted by Crippen LogP contribution is 2.29. The maximum atomic E-state index is 3.51. The van der Waals surface area contributed by atoms with Crippen LogP contribution < -0.4 is 0 Å². The minimum atomic E-state index is 1.17. The van der Waals surface area contributed by atoms with Crippen LogP contribution in [0.5, 0.6) is 0 Å². The number of rotatable bonds is 12. The Morgan fingerprint density at radius 3 is 1.70 bits per heavy atom. The van der Waals surface area contributed by atoms with Crippen LogP contribution >= 0.6 is 15.9 Å². The quantitative estimate of drug-likeness (QED) is 0.154. The highest BCUT2D eigenvalue weighted by atomic mass is 79.9. The topological polar surface area (TPSA) is 0 Å². The fraction of sp³-hybridized carbons (Fsp3) is 0.462. The third kappa shape index (κ3) is 6.07. The van der Waals surface area contributed by atoms with Crippen LogP contribution in [0.4, 0.5) is 0 Å². The van der Waals surface area contributed by atoms with Crippen molar-refractivity contribution in [3.8, 4) is 0 Å². The fourth-order valence-corrected chi connectivity index (χ4v) is 4.56. The standard InChI is InChI=1S/C26H33Br/c27-20-14-8-6-4-2-1-3-5-7-9-15-22-21-23-16-10-11-17-24(23)26-19-13-12-18-25(22)26/h10-13,16-19,21H,1-9,14-15,20H2. The van der Waals surface area contributed by atoms with Gasteiger partial charge in [0.15, 0.2) is 0 Å². The molecule has 0 amide bonds. The summed E-state index contributed by atoms with van der Waals surface area (Å²) >= 11 is 3.51. The Labute approximate surface area is 173 Å². The van der Waals surface area contributed by atoms with Gasteiger partial charge in [-0.3, -0.25) is 0 Å². The Bertz CT molecular complexity index is 821. The molecule has 0 saturated carbocycles. The summed E-state index contributed by atoms with van der Waals surface area (Å²) in [5.41, 5.74) is 1.52. The minimum absolute atomic E-state index is 1.17. The van der Waals surface area contributed by atoms with Gasteiger partial charge in [0.1, 0.15) is 0 Å². The van der Waals surface area contributed by atoms with Crippen molar-refractivity contribution in [1.29, 1.82) is 0 Å². The van der Waals surface area contributed by atoms with Crippen molar-refractivity contribution < 1.29 is 0 Å². The third-order valence-electron chi connectivity index (χ3n) is 5.68. The maximum Gasteiger partial charge on any atom is 0.00313 e. The lowest BCUT2D eigenvalue weighted by Crippen LogP contribution is -1.90. The fourth-order valence-electron chi connectivity index (χ4n) is 4.16. The van der Waals surface area contributed by atoms with Gasteiger partial charge in [0, 0.05) is 5.33 Å². The molecule has 0 unspecified atom stereocenters. The van der Waals surface area contributed by atoms with E-state index in [0.717, 1.165) is 0 Å². The minimum Gasteiger partial charge on any atom is -0.0928 e. The lowest BCUT2D eigenvalue weighted by molar-refractivity contribution is 0.557. The predicted molar refractivity (Wildman–Crippen MR) is 125 cm³/mol. The van der Waals surface area contributed by atoms with E-state index in [4.69, 9.17) is 0 Å². The molecule has 0 aliphatic heterocycles. The molecule has 0 nitrogen and oxygen atoms in total. The van der Waals surface area contributed by atoms with Gasteiger partial charge in [-0.25, -0.2) is 0 Å². The molecule has 0 spiro atoms. The summed E-state index contributed by atoms with van der Waals surface area (Å²) in [4.78, 5) is 0. The Balaban J connectivity index is 1.44. The third-order valence-corrected chi connectivity index (χ3v) is 6.24. The van der Waals surface area contributed by atoms with Gasteiger partial charge in [-0.05, 0) is 46.4 Å². The van der Waals surface area contributed by atoms with E-state index in [1.807, 2.05) is 0 Å². The number of hydrogen-bond donors (Lipinski definition) is 0.